The van der Waals surface area contributed by atoms with Crippen molar-refractivity contribution in [3.05, 3.63) is 34.9 Å². The van der Waals surface area contributed by atoms with Crippen LogP contribution in [0.3, 0.4) is 0 Å². The highest BCUT2D eigenvalue weighted by molar-refractivity contribution is 5.38. The Kier molecular flexibility index (Phi) is 6.08. The molecule has 0 nitrogen and oxygen atoms in total. The van der Waals surface area contributed by atoms with Gasteiger partial charge in [0.2, 0.25) is 0 Å². The van der Waals surface area contributed by atoms with Gasteiger partial charge in [-0.15, -0.1) is 0 Å². The van der Waals surface area contributed by atoms with Gasteiger partial charge in [-0.25, -0.2) is 0 Å². The van der Waals surface area contributed by atoms with E-state index in [0.717, 1.165) is 0 Å². The van der Waals surface area contributed by atoms with Gasteiger partial charge >= 0.3 is 0 Å². The molecule has 0 saturated heterocycles. The fourth-order valence-corrected chi connectivity index (χ4v) is 1.90. The van der Waals surface area contributed by atoms with Gasteiger partial charge in [-0.3, -0.25) is 0 Å². The van der Waals surface area contributed by atoms with Crippen LogP contribution in [0.1, 0.15) is 85.9 Å². The molecule has 0 bridgehead atoms. The highest BCUT2D eigenvalue weighted by Gasteiger charge is 2.20. The topological polar surface area (TPSA) is 0 Å². The molecule has 1 aromatic rings. The lowest BCUT2D eigenvalue weighted by Crippen LogP contribution is -2.17. The minimum Gasteiger partial charge on any atom is -0.0604 e. The van der Waals surface area contributed by atoms with Gasteiger partial charge in [-0.1, -0.05) is 87.4 Å². The predicted molar refractivity (Wildman–Crippen MR) is 93.7 cm³/mol. The molecule has 0 aliphatic heterocycles. The third-order valence-electron chi connectivity index (χ3n) is 2.91. The second-order valence-corrected chi connectivity index (χ2v) is 9.53. The third-order valence-corrected chi connectivity index (χ3v) is 2.91. The van der Waals surface area contributed by atoms with E-state index in [9.17, 15) is 0 Å². The van der Waals surface area contributed by atoms with Crippen molar-refractivity contribution in [2.45, 2.75) is 87.0 Å². The second-order valence-electron chi connectivity index (χ2n) is 9.53. The van der Waals surface area contributed by atoms with Crippen LogP contribution in [0.4, 0.5) is 0 Å². The summed E-state index contributed by atoms with van der Waals surface area (Å²) in [6.45, 7) is 24.6. The molecule has 0 heteroatoms. The zero-order valence-corrected chi connectivity index (χ0v) is 15.7. The summed E-state index contributed by atoms with van der Waals surface area (Å²) in [6.07, 6.45) is 0. The fourth-order valence-electron chi connectivity index (χ4n) is 1.90. The molecule has 0 radical (unpaired) electrons. The first kappa shape index (κ1) is 19.2. The number of rotatable bonds is 0. The maximum Gasteiger partial charge on any atom is -0.0129 e. The summed E-state index contributed by atoms with van der Waals surface area (Å²) in [5, 5.41) is 0. The monoisotopic (exact) mass is 276 g/mol. The van der Waals surface area contributed by atoms with E-state index < -0.39 is 0 Å². The molecule has 0 fully saturated rings. The van der Waals surface area contributed by atoms with E-state index in [1.165, 1.54) is 16.7 Å². The highest BCUT2D eigenvalue weighted by Crippen LogP contribution is 2.30. The van der Waals surface area contributed by atoms with Crippen molar-refractivity contribution in [3.8, 4) is 0 Å². The van der Waals surface area contributed by atoms with E-state index in [1.54, 1.807) is 0 Å². The van der Waals surface area contributed by atoms with Gasteiger partial charge in [0.25, 0.3) is 0 Å². The summed E-state index contributed by atoms with van der Waals surface area (Å²) in [6, 6.07) is 6.88. The number of aryl methyl sites for hydroxylation is 1. The average molecular weight is 277 g/mol. The van der Waals surface area contributed by atoms with E-state index in [0.29, 0.717) is 5.41 Å². The Balaban J connectivity index is 0.000000621. The minimum absolute atomic E-state index is 0.241. The van der Waals surface area contributed by atoms with Gasteiger partial charge in [0.15, 0.2) is 0 Å². The van der Waals surface area contributed by atoms with Crippen LogP contribution in [0.2, 0.25) is 0 Å². The molecule has 1 rings (SSSR count). The Bertz CT molecular complexity index is 411. The van der Waals surface area contributed by atoms with Gasteiger partial charge in [-0.05, 0) is 39.9 Å². The van der Waals surface area contributed by atoms with Crippen molar-refractivity contribution in [2.75, 3.05) is 0 Å². The van der Waals surface area contributed by atoms with Crippen molar-refractivity contribution < 1.29 is 0 Å². The van der Waals surface area contributed by atoms with E-state index in [4.69, 9.17) is 0 Å². The molecule has 0 aliphatic rings. The molecule has 20 heavy (non-hydrogen) atoms. The van der Waals surface area contributed by atoms with Gasteiger partial charge in [0.05, 0.1) is 0 Å². The molecule has 0 N–H and O–H groups in total. The first-order valence-corrected chi connectivity index (χ1v) is 7.74. The Hall–Kier alpha value is -0.780. The minimum atomic E-state index is 0.241. The van der Waals surface area contributed by atoms with Crippen LogP contribution in [0, 0.1) is 12.3 Å². The molecule has 0 aliphatic carbocycles. The zero-order valence-electron chi connectivity index (χ0n) is 15.7. The van der Waals surface area contributed by atoms with Crippen LogP contribution >= 0.6 is 0 Å². The zero-order chi connectivity index (χ0) is 16.4. The highest BCUT2D eigenvalue weighted by atomic mass is 14.2. The van der Waals surface area contributed by atoms with Gasteiger partial charge in [-0.2, -0.15) is 0 Å². The van der Waals surface area contributed by atoms with Crippen LogP contribution in [0.5, 0.6) is 0 Å². The van der Waals surface area contributed by atoms with Gasteiger partial charge < -0.3 is 0 Å². The molecule has 0 amide bonds. The van der Waals surface area contributed by atoms with E-state index in [1.807, 2.05) is 0 Å². The summed E-state index contributed by atoms with van der Waals surface area (Å²) in [7, 11) is 0. The summed E-state index contributed by atoms with van der Waals surface area (Å²) < 4.78 is 0. The molecule has 0 aromatic heterocycles. The molecule has 0 spiro atoms. The van der Waals surface area contributed by atoms with Crippen molar-refractivity contribution in [2.24, 2.45) is 5.41 Å². The van der Waals surface area contributed by atoms with Gasteiger partial charge in [0.1, 0.15) is 0 Å². The number of hydrogen-bond donors (Lipinski definition) is 0. The van der Waals surface area contributed by atoms with Crippen molar-refractivity contribution in [1.29, 1.82) is 0 Å². The molecular weight excluding hydrogens is 240 g/mol. The van der Waals surface area contributed by atoms with Crippen molar-refractivity contribution in [3.63, 3.8) is 0 Å². The lowest BCUT2D eigenvalue weighted by atomic mass is 9.79. The summed E-state index contributed by atoms with van der Waals surface area (Å²) in [4.78, 5) is 0. The number of hydrogen-bond acceptors (Lipinski definition) is 0. The largest absolute Gasteiger partial charge is 0.0604 e. The molecule has 0 unspecified atom stereocenters. The Morgan fingerprint density at radius 3 is 1.35 bits per heavy atom. The Labute approximate surface area is 128 Å². The quantitative estimate of drug-likeness (QED) is 0.498. The van der Waals surface area contributed by atoms with Crippen LogP contribution < -0.4 is 0 Å². The second kappa shape index (κ2) is 6.33. The predicted octanol–water partition coefficient (Wildman–Crippen LogP) is 6.64. The van der Waals surface area contributed by atoms with Gasteiger partial charge in [0, 0.05) is 0 Å². The summed E-state index contributed by atoms with van der Waals surface area (Å²) in [5.74, 6) is 0. The molecule has 1 aromatic carbocycles. The molecule has 0 heterocycles. The smallest absolute Gasteiger partial charge is 0.0129 e. The lowest BCUT2D eigenvalue weighted by molar-refractivity contribution is 0.469. The van der Waals surface area contributed by atoms with E-state index >= 15 is 0 Å². The van der Waals surface area contributed by atoms with Crippen LogP contribution in [-0.2, 0) is 10.8 Å². The fraction of sp³-hybridized carbons (Fsp3) is 0.700. The Morgan fingerprint density at radius 2 is 1.05 bits per heavy atom. The SMILES string of the molecule is CC(C)(C)C.Cc1ccc(C(C)(C)C)cc1C(C)(C)C. The lowest BCUT2D eigenvalue weighted by Gasteiger charge is -2.26. The van der Waals surface area contributed by atoms with Crippen LogP contribution in [0.15, 0.2) is 18.2 Å². The third kappa shape index (κ3) is 7.72. The summed E-state index contributed by atoms with van der Waals surface area (Å²) >= 11 is 0. The maximum absolute atomic E-state index is 2.37. The first-order valence-electron chi connectivity index (χ1n) is 7.74. The molecule has 0 saturated carbocycles. The molecule has 0 atom stereocenters. The Morgan fingerprint density at radius 1 is 0.650 bits per heavy atom. The van der Waals surface area contributed by atoms with Crippen molar-refractivity contribution in [1.82, 2.24) is 0 Å². The van der Waals surface area contributed by atoms with Crippen LogP contribution in [-0.4, -0.2) is 0 Å². The standard InChI is InChI=1S/C15H24.C5H12/c1-11-8-9-12(14(2,3)4)10-13(11)15(5,6)7;1-5(2,3)4/h8-10H,1-7H3;1-4H3. The maximum atomic E-state index is 2.37. The normalized spacial score (nSPS) is 12.8. The van der Waals surface area contributed by atoms with E-state index in [2.05, 4.69) is 94.4 Å². The number of benzene rings is 1. The molecule has 116 valence electrons. The first-order chi connectivity index (χ1) is 8.62. The van der Waals surface area contributed by atoms with Crippen molar-refractivity contribution >= 4 is 0 Å². The van der Waals surface area contributed by atoms with Crippen LogP contribution in [0.25, 0.3) is 0 Å². The van der Waals surface area contributed by atoms with E-state index in [-0.39, 0.29) is 10.8 Å². The summed E-state index contributed by atoms with van der Waals surface area (Å²) in [5.41, 5.74) is 5.28. The molecular formula is C20H36. The average Bonchev–Trinajstić information content (AvgIpc) is 2.11.